The molecule has 0 heterocycles. The van der Waals surface area contributed by atoms with Gasteiger partial charge in [-0.1, -0.05) is 48.5 Å². The Hall–Kier alpha value is -4.59. The van der Waals surface area contributed by atoms with Crippen molar-refractivity contribution in [1.29, 1.82) is 0 Å². The Labute approximate surface area is 188 Å². The molecular weight excluding hydrogens is 425 g/mol. The SMILES string of the molecule is O=C(NN=Cc1c(OCc2ccc(F)cc2)ccc2ccccc12)c1cccc([N+](=O)[O-])c1. The number of nitrogens with one attached hydrogen (secondary N) is 1. The summed E-state index contributed by atoms with van der Waals surface area (Å²) in [5.41, 5.74) is 3.78. The third kappa shape index (κ3) is 5.19. The second kappa shape index (κ2) is 9.69. The Bertz CT molecular complexity index is 1350. The lowest BCUT2D eigenvalue weighted by molar-refractivity contribution is -0.384. The fraction of sp³-hybridized carbons (Fsp3) is 0.0400. The first kappa shape index (κ1) is 21.6. The Morgan fingerprint density at radius 3 is 2.61 bits per heavy atom. The maximum Gasteiger partial charge on any atom is 0.271 e. The average molecular weight is 443 g/mol. The van der Waals surface area contributed by atoms with Crippen molar-refractivity contribution in [3.05, 3.63) is 118 Å². The minimum Gasteiger partial charge on any atom is -0.488 e. The maximum absolute atomic E-state index is 13.2. The number of non-ortho nitro benzene ring substituents is 1. The van der Waals surface area contributed by atoms with E-state index in [4.69, 9.17) is 4.74 Å². The number of hydrogen-bond donors (Lipinski definition) is 1. The summed E-state index contributed by atoms with van der Waals surface area (Å²) in [7, 11) is 0. The van der Waals surface area contributed by atoms with Crippen molar-refractivity contribution in [2.24, 2.45) is 5.10 Å². The van der Waals surface area contributed by atoms with Gasteiger partial charge in [-0.3, -0.25) is 14.9 Å². The van der Waals surface area contributed by atoms with Gasteiger partial charge in [0.2, 0.25) is 0 Å². The van der Waals surface area contributed by atoms with E-state index in [-0.39, 0.29) is 23.7 Å². The zero-order valence-electron chi connectivity index (χ0n) is 17.3. The first-order chi connectivity index (χ1) is 16.0. The van der Waals surface area contributed by atoms with E-state index in [0.717, 1.165) is 16.3 Å². The lowest BCUT2D eigenvalue weighted by Gasteiger charge is -2.12. The Kier molecular flexibility index (Phi) is 6.36. The summed E-state index contributed by atoms with van der Waals surface area (Å²) in [6.07, 6.45) is 1.47. The van der Waals surface area contributed by atoms with Gasteiger partial charge in [-0.05, 0) is 40.6 Å². The topological polar surface area (TPSA) is 93.8 Å². The molecule has 0 radical (unpaired) electrons. The number of ether oxygens (including phenoxy) is 1. The summed E-state index contributed by atoms with van der Waals surface area (Å²) in [5.74, 6) is -0.368. The number of fused-ring (bicyclic) bond motifs is 1. The molecule has 0 bridgehead atoms. The van der Waals surface area contributed by atoms with E-state index in [1.54, 1.807) is 18.2 Å². The molecule has 0 atom stereocenters. The smallest absolute Gasteiger partial charge is 0.271 e. The van der Waals surface area contributed by atoms with E-state index >= 15 is 0 Å². The van der Waals surface area contributed by atoms with Gasteiger partial charge in [-0.25, -0.2) is 9.82 Å². The van der Waals surface area contributed by atoms with Gasteiger partial charge in [0.25, 0.3) is 11.6 Å². The molecule has 0 aromatic heterocycles. The second-order valence-electron chi connectivity index (χ2n) is 7.12. The monoisotopic (exact) mass is 443 g/mol. The van der Waals surface area contributed by atoms with E-state index in [9.17, 15) is 19.3 Å². The second-order valence-corrected chi connectivity index (χ2v) is 7.12. The van der Waals surface area contributed by atoms with Crippen molar-refractivity contribution >= 4 is 28.6 Å². The molecule has 4 aromatic carbocycles. The third-order valence-electron chi connectivity index (χ3n) is 4.92. The molecule has 164 valence electrons. The molecule has 0 saturated heterocycles. The van der Waals surface area contributed by atoms with Crippen LogP contribution in [0.1, 0.15) is 21.5 Å². The fourth-order valence-corrected chi connectivity index (χ4v) is 3.26. The number of carbonyl (C=O) groups is 1. The molecule has 0 aliphatic heterocycles. The maximum atomic E-state index is 13.2. The standard InChI is InChI=1S/C25H18FN3O4/c26-20-11-8-17(9-12-20)16-33-24-13-10-18-4-1-2-7-22(18)23(24)15-27-28-25(30)19-5-3-6-21(14-19)29(31)32/h1-15H,16H2,(H,28,30). The number of nitrogens with zero attached hydrogens (tertiary/aromatic N) is 2. The molecule has 1 N–H and O–H groups in total. The zero-order valence-corrected chi connectivity index (χ0v) is 17.3. The summed E-state index contributed by atoms with van der Waals surface area (Å²) in [4.78, 5) is 22.7. The lowest BCUT2D eigenvalue weighted by atomic mass is 10.0. The van der Waals surface area contributed by atoms with Crippen molar-refractivity contribution in [2.45, 2.75) is 6.61 Å². The van der Waals surface area contributed by atoms with Crippen molar-refractivity contribution in [1.82, 2.24) is 5.43 Å². The highest BCUT2D eigenvalue weighted by Crippen LogP contribution is 2.27. The molecule has 4 rings (SSSR count). The van der Waals surface area contributed by atoms with Crippen molar-refractivity contribution < 1.29 is 18.8 Å². The van der Waals surface area contributed by atoms with Gasteiger partial charge in [-0.2, -0.15) is 5.10 Å². The van der Waals surface area contributed by atoms with Gasteiger partial charge in [0.15, 0.2) is 0 Å². The Morgan fingerprint density at radius 1 is 1.03 bits per heavy atom. The number of benzene rings is 4. The quantitative estimate of drug-likeness (QED) is 0.240. The number of amides is 1. The summed E-state index contributed by atoms with van der Waals surface area (Å²) >= 11 is 0. The zero-order chi connectivity index (χ0) is 23.2. The van der Waals surface area contributed by atoms with Crippen LogP contribution in [0.25, 0.3) is 10.8 Å². The Morgan fingerprint density at radius 2 is 1.82 bits per heavy atom. The Balaban J connectivity index is 1.57. The van der Waals surface area contributed by atoms with Gasteiger partial charge in [0, 0.05) is 23.3 Å². The van der Waals surface area contributed by atoms with E-state index in [1.165, 1.54) is 42.6 Å². The number of carbonyl (C=O) groups excluding carboxylic acids is 1. The number of rotatable bonds is 7. The summed E-state index contributed by atoms with van der Waals surface area (Å²) < 4.78 is 19.1. The molecule has 0 aliphatic carbocycles. The first-order valence-corrected chi connectivity index (χ1v) is 9.98. The molecule has 0 spiro atoms. The number of halogens is 1. The van der Waals surface area contributed by atoms with Crippen LogP contribution in [-0.4, -0.2) is 17.0 Å². The number of nitro benzene ring substituents is 1. The lowest BCUT2D eigenvalue weighted by Crippen LogP contribution is -2.17. The van der Waals surface area contributed by atoms with E-state index in [2.05, 4.69) is 10.5 Å². The van der Waals surface area contributed by atoms with Crippen molar-refractivity contribution in [2.75, 3.05) is 0 Å². The molecular formula is C25H18FN3O4. The van der Waals surface area contributed by atoms with Crippen LogP contribution in [0.4, 0.5) is 10.1 Å². The van der Waals surface area contributed by atoms with E-state index < -0.39 is 10.8 Å². The largest absolute Gasteiger partial charge is 0.488 e. The molecule has 0 saturated carbocycles. The minimum atomic E-state index is -0.580. The average Bonchev–Trinajstić information content (AvgIpc) is 2.84. The summed E-state index contributed by atoms with van der Waals surface area (Å²) in [6, 6.07) is 22.8. The summed E-state index contributed by atoms with van der Waals surface area (Å²) in [6.45, 7) is 0.222. The predicted molar refractivity (Wildman–Crippen MR) is 123 cm³/mol. The van der Waals surface area contributed by atoms with Crippen LogP contribution in [0.5, 0.6) is 5.75 Å². The summed E-state index contributed by atoms with van der Waals surface area (Å²) in [5, 5.41) is 16.8. The molecule has 0 fully saturated rings. The number of nitro groups is 1. The molecule has 8 heteroatoms. The van der Waals surface area contributed by atoms with Crippen LogP contribution in [-0.2, 0) is 6.61 Å². The molecule has 0 aliphatic rings. The highest BCUT2D eigenvalue weighted by atomic mass is 19.1. The van der Waals surface area contributed by atoms with Crippen LogP contribution in [0.2, 0.25) is 0 Å². The predicted octanol–water partition coefficient (Wildman–Crippen LogP) is 5.23. The van der Waals surface area contributed by atoms with Crippen LogP contribution < -0.4 is 10.2 Å². The van der Waals surface area contributed by atoms with Gasteiger partial charge in [0.1, 0.15) is 18.2 Å². The van der Waals surface area contributed by atoms with Crippen LogP contribution in [0.15, 0.2) is 90.0 Å². The fourth-order valence-electron chi connectivity index (χ4n) is 3.26. The first-order valence-electron chi connectivity index (χ1n) is 9.98. The highest BCUT2D eigenvalue weighted by molar-refractivity contribution is 6.03. The molecule has 1 amide bonds. The van der Waals surface area contributed by atoms with Crippen LogP contribution in [0, 0.1) is 15.9 Å². The molecule has 4 aromatic rings. The van der Waals surface area contributed by atoms with Gasteiger partial charge >= 0.3 is 0 Å². The van der Waals surface area contributed by atoms with Crippen LogP contribution in [0.3, 0.4) is 0 Å². The highest BCUT2D eigenvalue weighted by Gasteiger charge is 2.12. The van der Waals surface area contributed by atoms with E-state index in [1.807, 2.05) is 30.3 Å². The van der Waals surface area contributed by atoms with E-state index in [0.29, 0.717) is 11.3 Å². The van der Waals surface area contributed by atoms with Gasteiger partial charge in [-0.15, -0.1) is 0 Å². The van der Waals surface area contributed by atoms with Crippen LogP contribution >= 0.6 is 0 Å². The molecule has 7 nitrogen and oxygen atoms in total. The van der Waals surface area contributed by atoms with Gasteiger partial charge < -0.3 is 4.74 Å². The molecule has 0 unspecified atom stereocenters. The minimum absolute atomic E-state index is 0.118. The van der Waals surface area contributed by atoms with Crippen molar-refractivity contribution in [3.63, 3.8) is 0 Å². The number of hydrogen-bond acceptors (Lipinski definition) is 5. The van der Waals surface area contributed by atoms with Crippen molar-refractivity contribution in [3.8, 4) is 5.75 Å². The number of hydrazone groups is 1. The van der Waals surface area contributed by atoms with Gasteiger partial charge in [0.05, 0.1) is 11.1 Å². The third-order valence-corrected chi connectivity index (χ3v) is 4.92. The molecule has 33 heavy (non-hydrogen) atoms. The normalized spacial score (nSPS) is 10.9.